The fraction of sp³-hybridized carbons (Fsp3) is 0.214. The third-order valence-corrected chi connectivity index (χ3v) is 3.07. The van der Waals surface area contributed by atoms with Gasteiger partial charge < -0.3 is 5.32 Å². The van der Waals surface area contributed by atoms with Gasteiger partial charge in [0.1, 0.15) is 5.69 Å². The first-order valence-electron chi connectivity index (χ1n) is 6.57. The van der Waals surface area contributed by atoms with E-state index < -0.39 is 10.8 Å². The van der Waals surface area contributed by atoms with Gasteiger partial charge in [0.25, 0.3) is 17.2 Å². The number of benzene rings is 1. The molecule has 0 atom stereocenters. The molecule has 0 bridgehead atoms. The Morgan fingerprint density at radius 1 is 1.36 bits per heavy atom. The first-order valence-corrected chi connectivity index (χ1v) is 6.57. The molecule has 22 heavy (non-hydrogen) atoms. The van der Waals surface area contributed by atoms with Crippen LogP contribution in [-0.4, -0.2) is 20.6 Å². The van der Waals surface area contributed by atoms with E-state index in [9.17, 15) is 19.7 Å². The van der Waals surface area contributed by atoms with E-state index in [1.807, 2.05) is 0 Å². The molecule has 0 fully saturated rings. The van der Waals surface area contributed by atoms with Gasteiger partial charge in [-0.25, -0.2) is 4.68 Å². The summed E-state index contributed by atoms with van der Waals surface area (Å²) in [4.78, 5) is 33.8. The summed E-state index contributed by atoms with van der Waals surface area (Å²) in [6.45, 7) is 3.76. The van der Waals surface area contributed by atoms with E-state index in [0.29, 0.717) is 17.8 Å². The van der Waals surface area contributed by atoms with Crippen molar-refractivity contribution in [3.63, 3.8) is 0 Å². The molecule has 1 amide bonds. The molecule has 2 rings (SSSR count). The topological polar surface area (TPSA) is 107 Å². The fourth-order valence-electron chi connectivity index (χ4n) is 1.88. The molecule has 0 unspecified atom stereocenters. The highest BCUT2D eigenvalue weighted by Gasteiger charge is 2.13. The Morgan fingerprint density at radius 3 is 2.68 bits per heavy atom. The minimum atomic E-state index is -0.503. The second-order valence-corrected chi connectivity index (χ2v) is 4.58. The number of hydrogen-bond donors (Lipinski definition) is 1. The van der Waals surface area contributed by atoms with Gasteiger partial charge in [0, 0.05) is 30.4 Å². The SMILES string of the molecule is CCn1nc(C(=O)Nc2ccc([N+](=O)[O-])cc2C)ccc1=O. The maximum Gasteiger partial charge on any atom is 0.276 e. The molecule has 0 aliphatic heterocycles. The number of carbonyl (C=O) groups is 1. The average molecular weight is 302 g/mol. The molecular weight excluding hydrogens is 288 g/mol. The largest absolute Gasteiger partial charge is 0.320 e. The first-order chi connectivity index (χ1) is 10.4. The number of rotatable bonds is 4. The molecule has 1 aromatic carbocycles. The van der Waals surface area contributed by atoms with Crippen LogP contribution in [0.4, 0.5) is 11.4 Å². The van der Waals surface area contributed by atoms with E-state index in [1.54, 1.807) is 13.8 Å². The molecule has 1 aromatic heterocycles. The third-order valence-electron chi connectivity index (χ3n) is 3.07. The quantitative estimate of drug-likeness (QED) is 0.683. The van der Waals surface area contributed by atoms with Gasteiger partial charge in [-0.1, -0.05) is 0 Å². The van der Waals surface area contributed by atoms with Crippen molar-refractivity contribution in [2.45, 2.75) is 20.4 Å². The number of aromatic nitrogens is 2. The zero-order valence-corrected chi connectivity index (χ0v) is 12.1. The lowest BCUT2D eigenvalue weighted by Gasteiger charge is -2.08. The van der Waals surface area contributed by atoms with Gasteiger partial charge in [-0.15, -0.1) is 0 Å². The van der Waals surface area contributed by atoms with E-state index in [2.05, 4.69) is 10.4 Å². The summed E-state index contributed by atoms with van der Waals surface area (Å²) in [7, 11) is 0. The van der Waals surface area contributed by atoms with E-state index in [4.69, 9.17) is 0 Å². The maximum absolute atomic E-state index is 12.1. The Morgan fingerprint density at radius 2 is 2.09 bits per heavy atom. The van der Waals surface area contributed by atoms with Crippen molar-refractivity contribution in [3.8, 4) is 0 Å². The lowest BCUT2D eigenvalue weighted by Crippen LogP contribution is -2.25. The highest BCUT2D eigenvalue weighted by Crippen LogP contribution is 2.21. The first kappa shape index (κ1) is 15.4. The zero-order valence-electron chi connectivity index (χ0n) is 12.1. The summed E-state index contributed by atoms with van der Waals surface area (Å²) in [6.07, 6.45) is 0. The van der Waals surface area contributed by atoms with Crippen LogP contribution in [0.15, 0.2) is 35.1 Å². The van der Waals surface area contributed by atoms with Gasteiger partial charge >= 0.3 is 0 Å². The molecule has 1 N–H and O–H groups in total. The van der Waals surface area contributed by atoms with Crippen molar-refractivity contribution in [2.24, 2.45) is 0 Å². The summed E-state index contributed by atoms with van der Waals surface area (Å²) in [5.41, 5.74) is 0.774. The zero-order chi connectivity index (χ0) is 16.3. The number of nitro benzene ring substituents is 1. The van der Waals surface area contributed by atoms with Gasteiger partial charge in [-0.2, -0.15) is 5.10 Å². The summed E-state index contributed by atoms with van der Waals surface area (Å²) in [5.74, 6) is -0.487. The van der Waals surface area contributed by atoms with Crippen molar-refractivity contribution in [3.05, 3.63) is 62.1 Å². The number of nitrogens with zero attached hydrogens (tertiary/aromatic N) is 3. The van der Waals surface area contributed by atoms with E-state index in [1.165, 1.54) is 35.0 Å². The van der Waals surface area contributed by atoms with Crippen molar-refractivity contribution in [2.75, 3.05) is 5.32 Å². The Hall–Kier alpha value is -3.03. The molecule has 0 aliphatic carbocycles. The van der Waals surface area contributed by atoms with Gasteiger partial charge in [0.05, 0.1) is 4.92 Å². The Kier molecular flexibility index (Phi) is 4.31. The monoisotopic (exact) mass is 302 g/mol. The van der Waals surface area contributed by atoms with Crippen LogP contribution < -0.4 is 10.9 Å². The van der Waals surface area contributed by atoms with Crippen LogP contribution in [0.5, 0.6) is 0 Å². The number of aryl methyl sites for hydroxylation is 2. The number of carbonyl (C=O) groups excluding carboxylic acids is 1. The van der Waals surface area contributed by atoms with Crippen LogP contribution in [0.25, 0.3) is 0 Å². The van der Waals surface area contributed by atoms with Crippen LogP contribution >= 0.6 is 0 Å². The van der Waals surface area contributed by atoms with Crippen LogP contribution in [-0.2, 0) is 6.54 Å². The fourth-order valence-corrected chi connectivity index (χ4v) is 1.88. The molecule has 0 radical (unpaired) electrons. The van der Waals surface area contributed by atoms with Gasteiger partial charge in [-0.3, -0.25) is 19.7 Å². The number of amides is 1. The molecule has 0 saturated carbocycles. The normalized spacial score (nSPS) is 10.3. The average Bonchev–Trinajstić information content (AvgIpc) is 2.49. The molecule has 2 aromatic rings. The maximum atomic E-state index is 12.1. The Labute approximate surface area is 125 Å². The van der Waals surface area contributed by atoms with Crippen LogP contribution in [0.2, 0.25) is 0 Å². The predicted octanol–water partition coefficient (Wildman–Crippen LogP) is 1.73. The number of anilines is 1. The molecule has 8 heteroatoms. The number of nitrogens with one attached hydrogen (secondary N) is 1. The molecule has 0 spiro atoms. The third kappa shape index (κ3) is 3.17. The second kappa shape index (κ2) is 6.17. The van der Waals surface area contributed by atoms with Crippen molar-refractivity contribution >= 4 is 17.3 Å². The van der Waals surface area contributed by atoms with Crippen LogP contribution in [0, 0.1) is 17.0 Å². The van der Waals surface area contributed by atoms with Gasteiger partial charge in [0.15, 0.2) is 0 Å². The molecular formula is C14H14N4O4. The predicted molar refractivity (Wildman–Crippen MR) is 80.0 cm³/mol. The second-order valence-electron chi connectivity index (χ2n) is 4.58. The van der Waals surface area contributed by atoms with E-state index in [0.717, 1.165) is 0 Å². The van der Waals surface area contributed by atoms with Gasteiger partial charge in [0.2, 0.25) is 0 Å². The summed E-state index contributed by atoms with van der Waals surface area (Å²) >= 11 is 0. The Bertz CT molecular complexity index is 798. The smallest absolute Gasteiger partial charge is 0.276 e. The van der Waals surface area contributed by atoms with E-state index in [-0.39, 0.29) is 16.9 Å². The summed E-state index contributed by atoms with van der Waals surface area (Å²) < 4.78 is 1.18. The number of non-ortho nitro benzene ring substituents is 1. The molecule has 114 valence electrons. The van der Waals surface area contributed by atoms with Crippen molar-refractivity contribution < 1.29 is 9.72 Å². The summed E-state index contributed by atoms with van der Waals surface area (Å²) in [5, 5.41) is 17.3. The number of hydrogen-bond acceptors (Lipinski definition) is 5. The molecule has 0 aliphatic rings. The molecule has 8 nitrogen and oxygen atoms in total. The lowest BCUT2D eigenvalue weighted by molar-refractivity contribution is -0.384. The minimum Gasteiger partial charge on any atom is -0.320 e. The lowest BCUT2D eigenvalue weighted by atomic mass is 10.1. The Balaban J connectivity index is 2.25. The van der Waals surface area contributed by atoms with Crippen molar-refractivity contribution in [1.29, 1.82) is 0 Å². The van der Waals surface area contributed by atoms with Crippen molar-refractivity contribution in [1.82, 2.24) is 9.78 Å². The number of nitro groups is 1. The highest BCUT2D eigenvalue weighted by atomic mass is 16.6. The van der Waals surface area contributed by atoms with Crippen LogP contribution in [0.1, 0.15) is 23.0 Å². The highest BCUT2D eigenvalue weighted by molar-refractivity contribution is 6.03. The van der Waals surface area contributed by atoms with Crippen LogP contribution in [0.3, 0.4) is 0 Å². The van der Waals surface area contributed by atoms with E-state index >= 15 is 0 Å². The van der Waals surface area contributed by atoms with Gasteiger partial charge in [-0.05, 0) is 31.5 Å². The standard InChI is InChI=1S/C14H14N4O4/c1-3-17-13(19)7-6-12(16-17)14(20)15-11-5-4-10(18(21)22)8-9(11)2/h4-8H,3H2,1-2H3,(H,15,20). The minimum absolute atomic E-state index is 0.0480. The molecule has 1 heterocycles. The summed E-state index contributed by atoms with van der Waals surface area (Å²) in [6, 6.07) is 6.75. The molecule has 0 saturated heterocycles.